The molecule has 0 radical (unpaired) electrons. The van der Waals surface area contributed by atoms with E-state index in [1.807, 2.05) is 22.8 Å². The Balaban J connectivity index is 2.53. The molecule has 1 fully saturated rings. The SMILES string of the molecule is COP1(=S)SCCS1. The lowest BCUT2D eigenvalue weighted by Gasteiger charge is -2.07. The van der Waals surface area contributed by atoms with E-state index in [1.165, 1.54) is 11.5 Å². The molecule has 1 rings (SSSR count). The van der Waals surface area contributed by atoms with Gasteiger partial charge in [0.2, 0.25) is 0 Å². The zero-order valence-corrected chi connectivity index (χ0v) is 7.84. The summed E-state index contributed by atoms with van der Waals surface area (Å²) in [6.45, 7) is 0. The first kappa shape index (κ1) is 7.42. The van der Waals surface area contributed by atoms with Gasteiger partial charge in [0.25, 0.3) is 0 Å². The predicted octanol–water partition coefficient (Wildman–Crippen LogP) is 2.34. The summed E-state index contributed by atoms with van der Waals surface area (Å²) < 4.78 is 3.77. The van der Waals surface area contributed by atoms with Crippen LogP contribution in [-0.4, -0.2) is 18.6 Å². The Kier molecular flexibility index (Phi) is 2.72. The van der Waals surface area contributed by atoms with Crippen LogP contribution >= 0.6 is 27.4 Å². The number of hydrogen-bond donors (Lipinski definition) is 0. The molecule has 1 saturated heterocycles. The second kappa shape index (κ2) is 2.93. The molecule has 0 aliphatic carbocycles. The maximum Gasteiger partial charge on any atom is 0.174 e. The van der Waals surface area contributed by atoms with Crippen molar-refractivity contribution in [2.75, 3.05) is 18.6 Å². The lowest BCUT2D eigenvalue weighted by atomic mass is 11.0. The van der Waals surface area contributed by atoms with Crippen molar-refractivity contribution in [2.45, 2.75) is 0 Å². The molecular formula is C3H7OPS3. The zero-order chi connectivity index (χ0) is 6.04. The van der Waals surface area contributed by atoms with Crippen LogP contribution in [0.4, 0.5) is 0 Å². The third kappa shape index (κ3) is 1.64. The van der Waals surface area contributed by atoms with Gasteiger partial charge in [-0.1, -0.05) is 22.8 Å². The van der Waals surface area contributed by atoms with Crippen LogP contribution in [0.1, 0.15) is 0 Å². The van der Waals surface area contributed by atoms with Crippen molar-refractivity contribution in [3.05, 3.63) is 0 Å². The van der Waals surface area contributed by atoms with E-state index in [9.17, 15) is 0 Å². The fourth-order valence-corrected chi connectivity index (χ4v) is 8.66. The first-order valence-corrected chi connectivity index (χ1v) is 8.12. The summed E-state index contributed by atoms with van der Waals surface area (Å²) in [5.74, 6) is 2.35. The van der Waals surface area contributed by atoms with Crippen LogP contribution in [0.2, 0.25) is 0 Å². The van der Waals surface area contributed by atoms with Crippen molar-refractivity contribution in [3.63, 3.8) is 0 Å². The molecule has 0 aromatic carbocycles. The van der Waals surface area contributed by atoms with Crippen LogP contribution in [0.5, 0.6) is 0 Å². The number of hydrogen-bond acceptors (Lipinski definition) is 4. The Morgan fingerprint density at radius 2 is 2.00 bits per heavy atom. The van der Waals surface area contributed by atoms with Crippen LogP contribution < -0.4 is 0 Å². The standard InChI is InChI=1S/C3H7OPS3/c1-4-5(6)7-2-3-8-5/h2-3H2,1H3. The van der Waals surface area contributed by atoms with E-state index in [1.54, 1.807) is 7.11 Å². The molecule has 0 atom stereocenters. The Hall–Kier alpha value is 1.31. The average molecular weight is 186 g/mol. The van der Waals surface area contributed by atoms with Gasteiger partial charge in [-0.15, -0.1) is 0 Å². The van der Waals surface area contributed by atoms with E-state index < -0.39 is 4.67 Å². The molecule has 0 aromatic rings. The van der Waals surface area contributed by atoms with E-state index in [0.29, 0.717) is 0 Å². The van der Waals surface area contributed by atoms with Gasteiger partial charge in [-0.25, -0.2) is 0 Å². The van der Waals surface area contributed by atoms with Gasteiger partial charge < -0.3 is 4.52 Å². The van der Waals surface area contributed by atoms with E-state index in [0.717, 1.165) is 0 Å². The lowest BCUT2D eigenvalue weighted by molar-refractivity contribution is 0.480. The van der Waals surface area contributed by atoms with Crippen LogP contribution in [-0.2, 0) is 16.3 Å². The van der Waals surface area contributed by atoms with E-state index in [2.05, 4.69) is 0 Å². The highest BCUT2D eigenvalue weighted by atomic mass is 33.2. The summed E-state index contributed by atoms with van der Waals surface area (Å²) in [5, 5.41) is 0. The highest BCUT2D eigenvalue weighted by Crippen LogP contribution is 2.73. The van der Waals surface area contributed by atoms with Crippen LogP contribution in [0, 0.1) is 0 Å². The van der Waals surface area contributed by atoms with Crippen molar-refractivity contribution in [3.8, 4) is 0 Å². The highest BCUT2D eigenvalue weighted by molar-refractivity contribution is 9.00. The minimum Gasteiger partial charge on any atom is -0.337 e. The molecule has 48 valence electrons. The summed E-state index contributed by atoms with van der Waals surface area (Å²) in [7, 11) is 1.71. The smallest absolute Gasteiger partial charge is 0.174 e. The van der Waals surface area contributed by atoms with E-state index >= 15 is 0 Å². The second-order valence-electron chi connectivity index (χ2n) is 1.30. The largest absolute Gasteiger partial charge is 0.337 e. The van der Waals surface area contributed by atoms with Crippen molar-refractivity contribution in [2.24, 2.45) is 0 Å². The molecule has 1 nitrogen and oxygen atoms in total. The van der Waals surface area contributed by atoms with E-state index in [-0.39, 0.29) is 0 Å². The molecule has 0 aromatic heterocycles. The van der Waals surface area contributed by atoms with Crippen molar-refractivity contribution in [1.82, 2.24) is 0 Å². The summed E-state index contributed by atoms with van der Waals surface area (Å²) in [5.41, 5.74) is 0. The summed E-state index contributed by atoms with van der Waals surface area (Å²) in [4.78, 5) is 0. The van der Waals surface area contributed by atoms with Gasteiger partial charge >= 0.3 is 0 Å². The summed E-state index contributed by atoms with van der Waals surface area (Å²) >= 11 is 8.81. The summed E-state index contributed by atoms with van der Waals surface area (Å²) in [6.07, 6.45) is 0. The van der Waals surface area contributed by atoms with Gasteiger partial charge in [-0.2, -0.15) is 0 Å². The monoisotopic (exact) mass is 186 g/mol. The van der Waals surface area contributed by atoms with Gasteiger partial charge in [-0.3, -0.25) is 0 Å². The maximum atomic E-state index is 5.18. The molecule has 0 unspecified atom stereocenters. The molecular weight excluding hydrogens is 179 g/mol. The third-order valence-electron chi connectivity index (χ3n) is 0.806. The Morgan fingerprint density at radius 3 is 2.25 bits per heavy atom. The fourth-order valence-electron chi connectivity index (χ4n) is 0.441. The van der Waals surface area contributed by atoms with Crippen LogP contribution in [0.15, 0.2) is 0 Å². The molecule has 0 amide bonds. The molecule has 1 aliphatic heterocycles. The molecule has 8 heavy (non-hydrogen) atoms. The molecule has 0 saturated carbocycles. The predicted molar refractivity (Wildman–Crippen MR) is 46.2 cm³/mol. The zero-order valence-electron chi connectivity index (χ0n) is 4.49. The van der Waals surface area contributed by atoms with E-state index in [4.69, 9.17) is 16.3 Å². The second-order valence-corrected chi connectivity index (χ2v) is 12.1. The summed E-state index contributed by atoms with van der Waals surface area (Å²) in [6, 6.07) is 0. The van der Waals surface area contributed by atoms with Crippen LogP contribution in [0.25, 0.3) is 0 Å². The number of rotatable bonds is 1. The lowest BCUT2D eigenvalue weighted by Crippen LogP contribution is -1.64. The van der Waals surface area contributed by atoms with Crippen molar-refractivity contribution in [1.29, 1.82) is 0 Å². The highest BCUT2D eigenvalue weighted by Gasteiger charge is 2.22. The first-order valence-electron chi connectivity index (χ1n) is 2.22. The fraction of sp³-hybridized carbons (Fsp3) is 1.00. The minimum absolute atomic E-state index is 1.18. The maximum absolute atomic E-state index is 5.18. The van der Waals surface area contributed by atoms with Gasteiger partial charge in [0.1, 0.15) is 0 Å². The quantitative estimate of drug-likeness (QED) is 0.581. The molecule has 1 aliphatic rings. The van der Waals surface area contributed by atoms with Gasteiger partial charge in [0, 0.05) is 18.6 Å². The molecule has 0 N–H and O–H groups in total. The molecule has 5 heteroatoms. The van der Waals surface area contributed by atoms with Crippen molar-refractivity contribution < 1.29 is 4.52 Å². The first-order chi connectivity index (χ1) is 3.77. The topological polar surface area (TPSA) is 9.23 Å². The van der Waals surface area contributed by atoms with Crippen LogP contribution in [0.3, 0.4) is 0 Å². The third-order valence-corrected chi connectivity index (χ3v) is 11.0. The normalized spacial score (nSPS) is 26.1. The van der Waals surface area contributed by atoms with Gasteiger partial charge in [-0.05, 0) is 11.8 Å². The Labute approximate surface area is 62.5 Å². The van der Waals surface area contributed by atoms with Gasteiger partial charge in [0.05, 0.1) is 0 Å². The van der Waals surface area contributed by atoms with Crippen molar-refractivity contribution >= 4 is 39.2 Å². The average Bonchev–Trinajstić information content (AvgIpc) is 2.17. The Bertz CT molecular complexity index is 116. The van der Waals surface area contributed by atoms with Gasteiger partial charge in [0.15, 0.2) is 4.67 Å². The molecule has 0 spiro atoms. The Morgan fingerprint density at radius 1 is 1.50 bits per heavy atom. The minimum atomic E-state index is -1.38. The molecule has 1 heterocycles. The molecule has 0 bridgehead atoms.